The number of amides is 1. The largest absolute Gasteiger partial charge is 0.390 e. The molecular weight excluding hydrogens is 282 g/mol. The third-order valence-corrected chi connectivity index (χ3v) is 4.77. The van der Waals surface area contributed by atoms with E-state index in [1.807, 2.05) is 48.7 Å². The number of rotatable bonds is 3. The molecule has 0 saturated carbocycles. The van der Waals surface area contributed by atoms with Gasteiger partial charge in [0, 0.05) is 17.4 Å². The van der Waals surface area contributed by atoms with Crippen LogP contribution in [0.1, 0.15) is 27.6 Å². The van der Waals surface area contributed by atoms with Crippen LogP contribution in [-0.2, 0) is 11.2 Å². The molecule has 0 bridgehead atoms. The Kier molecular flexibility index (Phi) is 3.90. The van der Waals surface area contributed by atoms with Crippen LogP contribution >= 0.6 is 11.3 Å². The van der Waals surface area contributed by atoms with Gasteiger partial charge >= 0.3 is 0 Å². The Morgan fingerprint density at radius 1 is 1.38 bits per heavy atom. The standard InChI is InChI=1S/C17H17NO2S/c1-11-8-9-21-15(11)6-7-16(20)18-17-13-5-3-2-4-12(13)10-14(17)19/h2-9,14,17,19H,10H2,1H3,(H,18,20)/b7-6+. The lowest BCUT2D eigenvalue weighted by atomic mass is 10.1. The molecule has 0 fully saturated rings. The third-order valence-electron chi connectivity index (χ3n) is 3.79. The normalized spacial score (nSPS) is 20.7. The van der Waals surface area contributed by atoms with Crippen LogP contribution < -0.4 is 5.32 Å². The quantitative estimate of drug-likeness (QED) is 0.856. The Morgan fingerprint density at radius 2 is 2.19 bits per heavy atom. The summed E-state index contributed by atoms with van der Waals surface area (Å²) in [5.41, 5.74) is 3.28. The van der Waals surface area contributed by atoms with E-state index in [0.717, 1.165) is 21.6 Å². The molecule has 1 amide bonds. The summed E-state index contributed by atoms with van der Waals surface area (Å²) in [6, 6.07) is 9.55. The van der Waals surface area contributed by atoms with Crippen molar-refractivity contribution in [1.29, 1.82) is 0 Å². The Labute approximate surface area is 127 Å². The van der Waals surface area contributed by atoms with Crippen molar-refractivity contribution in [2.75, 3.05) is 0 Å². The molecule has 4 heteroatoms. The molecule has 2 N–H and O–H groups in total. The molecule has 1 aliphatic carbocycles. The second-order valence-corrected chi connectivity index (χ2v) is 6.21. The van der Waals surface area contributed by atoms with Crippen LogP contribution in [0, 0.1) is 6.92 Å². The molecule has 3 rings (SSSR count). The SMILES string of the molecule is Cc1ccsc1/C=C/C(=O)NC1c2ccccc2CC1O. The lowest BCUT2D eigenvalue weighted by molar-refractivity contribution is -0.117. The summed E-state index contributed by atoms with van der Waals surface area (Å²) in [5, 5.41) is 15.0. The molecule has 1 aromatic carbocycles. The summed E-state index contributed by atoms with van der Waals surface area (Å²) in [6.07, 6.45) is 3.40. The first kappa shape index (κ1) is 14.0. The number of thiophene rings is 1. The minimum absolute atomic E-state index is 0.177. The fraction of sp³-hybridized carbons (Fsp3) is 0.235. The van der Waals surface area contributed by atoms with Crippen molar-refractivity contribution in [3.8, 4) is 0 Å². The maximum atomic E-state index is 12.1. The van der Waals surface area contributed by atoms with Crippen molar-refractivity contribution in [2.24, 2.45) is 0 Å². The number of carbonyl (C=O) groups is 1. The molecule has 1 heterocycles. The number of aliphatic hydroxyl groups is 1. The van der Waals surface area contributed by atoms with Crippen LogP contribution in [0.25, 0.3) is 6.08 Å². The number of benzene rings is 1. The number of hydrogen-bond acceptors (Lipinski definition) is 3. The molecule has 3 nitrogen and oxygen atoms in total. The molecule has 2 atom stereocenters. The van der Waals surface area contributed by atoms with E-state index in [-0.39, 0.29) is 11.9 Å². The van der Waals surface area contributed by atoms with E-state index in [4.69, 9.17) is 0 Å². The molecule has 0 radical (unpaired) electrons. The molecule has 1 aliphatic rings. The summed E-state index contributed by atoms with van der Waals surface area (Å²) in [5.74, 6) is -0.177. The Hall–Kier alpha value is -1.91. The number of fused-ring (bicyclic) bond motifs is 1. The maximum Gasteiger partial charge on any atom is 0.244 e. The van der Waals surface area contributed by atoms with E-state index in [1.54, 1.807) is 11.3 Å². The van der Waals surface area contributed by atoms with Crippen LogP contribution in [0.5, 0.6) is 0 Å². The highest BCUT2D eigenvalue weighted by Gasteiger charge is 2.31. The van der Waals surface area contributed by atoms with Gasteiger partial charge in [-0.2, -0.15) is 0 Å². The van der Waals surface area contributed by atoms with Crippen LogP contribution in [0.4, 0.5) is 0 Å². The van der Waals surface area contributed by atoms with Crippen molar-refractivity contribution in [3.63, 3.8) is 0 Å². The first-order chi connectivity index (χ1) is 10.1. The maximum absolute atomic E-state index is 12.1. The van der Waals surface area contributed by atoms with Crippen LogP contribution in [0.15, 0.2) is 41.8 Å². The van der Waals surface area contributed by atoms with E-state index < -0.39 is 6.10 Å². The average Bonchev–Trinajstić information content (AvgIpc) is 3.01. The predicted molar refractivity (Wildman–Crippen MR) is 85.1 cm³/mol. The lowest BCUT2D eigenvalue weighted by Gasteiger charge is -2.16. The van der Waals surface area contributed by atoms with Gasteiger partial charge in [-0.25, -0.2) is 0 Å². The van der Waals surface area contributed by atoms with Crippen molar-refractivity contribution in [2.45, 2.75) is 25.5 Å². The average molecular weight is 299 g/mol. The van der Waals surface area contributed by atoms with Gasteiger partial charge in [0.2, 0.25) is 5.91 Å². The topological polar surface area (TPSA) is 49.3 Å². The van der Waals surface area contributed by atoms with Crippen molar-refractivity contribution in [3.05, 3.63) is 63.4 Å². The highest BCUT2D eigenvalue weighted by molar-refractivity contribution is 7.11. The zero-order valence-electron chi connectivity index (χ0n) is 11.7. The molecule has 1 aromatic heterocycles. The Balaban J connectivity index is 1.71. The predicted octanol–water partition coefficient (Wildman–Crippen LogP) is 2.84. The Bertz CT molecular complexity index is 690. The zero-order chi connectivity index (χ0) is 14.8. The highest BCUT2D eigenvalue weighted by Crippen LogP contribution is 2.31. The number of aryl methyl sites for hydroxylation is 1. The van der Waals surface area contributed by atoms with Gasteiger partial charge in [0.1, 0.15) is 0 Å². The summed E-state index contributed by atoms with van der Waals surface area (Å²) >= 11 is 1.61. The monoisotopic (exact) mass is 299 g/mol. The minimum Gasteiger partial charge on any atom is -0.390 e. The van der Waals surface area contributed by atoms with E-state index in [0.29, 0.717) is 6.42 Å². The second kappa shape index (κ2) is 5.84. The third kappa shape index (κ3) is 2.91. The number of nitrogens with one attached hydrogen (secondary N) is 1. The van der Waals surface area contributed by atoms with Crippen molar-refractivity contribution in [1.82, 2.24) is 5.32 Å². The van der Waals surface area contributed by atoms with E-state index >= 15 is 0 Å². The summed E-state index contributed by atoms with van der Waals surface area (Å²) in [7, 11) is 0. The lowest BCUT2D eigenvalue weighted by Crippen LogP contribution is -2.32. The van der Waals surface area contributed by atoms with Gasteiger partial charge in [0.25, 0.3) is 0 Å². The summed E-state index contributed by atoms with van der Waals surface area (Å²) in [4.78, 5) is 13.1. The molecule has 108 valence electrons. The van der Waals surface area contributed by atoms with Crippen molar-refractivity contribution >= 4 is 23.3 Å². The van der Waals surface area contributed by atoms with E-state index in [1.165, 1.54) is 6.08 Å². The van der Waals surface area contributed by atoms with E-state index in [2.05, 4.69) is 5.32 Å². The van der Waals surface area contributed by atoms with Gasteiger partial charge in [0.15, 0.2) is 0 Å². The van der Waals surface area contributed by atoms with Crippen molar-refractivity contribution < 1.29 is 9.90 Å². The number of carbonyl (C=O) groups excluding carboxylic acids is 1. The van der Waals surface area contributed by atoms with E-state index in [9.17, 15) is 9.90 Å². The van der Waals surface area contributed by atoms with Crippen LogP contribution in [-0.4, -0.2) is 17.1 Å². The molecule has 0 spiro atoms. The van der Waals surface area contributed by atoms with Gasteiger partial charge in [0.05, 0.1) is 12.1 Å². The molecule has 2 aromatic rings. The molecule has 21 heavy (non-hydrogen) atoms. The van der Waals surface area contributed by atoms with Gasteiger partial charge in [-0.05, 0) is 41.1 Å². The fourth-order valence-electron chi connectivity index (χ4n) is 2.66. The molecule has 0 saturated heterocycles. The van der Waals surface area contributed by atoms with Crippen LogP contribution in [0.2, 0.25) is 0 Å². The van der Waals surface area contributed by atoms with Gasteiger partial charge in [-0.1, -0.05) is 24.3 Å². The Morgan fingerprint density at radius 3 is 2.95 bits per heavy atom. The first-order valence-corrected chi connectivity index (χ1v) is 7.81. The summed E-state index contributed by atoms with van der Waals surface area (Å²) < 4.78 is 0. The number of aliphatic hydroxyl groups excluding tert-OH is 1. The summed E-state index contributed by atoms with van der Waals surface area (Å²) in [6.45, 7) is 2.02. The second-order valence-electron chi connectivity index (χ2n) is 5.26. The minimum atomic E-state index is -0.553. The fourth-order valence-corrected chi connectivity index (χ4v) is 3.48. The molecule has 2 unspecified atom stereocenters. The van der Waals surface area contributed by atoms with Gasteiger partial charge in [-0.15, -0.1) is 11.3 Å². The van der Waals surface area contributed by atoms with Crippen LogP contribution in [0.3, 0.4) is 0 Å². The zero-order valence-corrected chi connectivity index (χ0v) is 12.6. The number of hydrogen-bond donors (Lipinski definition) is 2. The molecular formula is C17H17NO2S. The van der Waals surface area contributed by atoms with Gasteiger partial charge < -0.3 is 10.4 Å². The highest BCUT2D eigenvalue weighted by atomic mass is 32.1. The smallest absolute Gasteiger partial charge is 0.244 e. The first-order valence-electron chi connectivity index (χ1n) is 6.93. The molecule has 0 aliphatic heterocycles. The van der Waals surface area contributed by atoms with Gasteiger partial charge in [-0.3, -0.25) is 4.79 Å².